The van der Waals surface area contributed by atoms with Gasteiger partial charge in [0.2, 0.25) is 11.8 Å². The molecule has 0 fully saturated rings. The predicted octanol–water partition coefficient (Wildman–Crippen LogP) is 4.23. The summed E-state index contributed by atoms with van der Waals surface area (Å²) in [4.78, 5) is 68.2. The van der Waals surface area contributed by atoms with Crippen LogP contribution in [0.15, 0.2) is 30.5 Å². The van der Waals surface area contributed by atoms with Crippen LogP contribution in [0.2, 0.25) is 0 Å². The summed E-state index contributed by atoms with van der Waals surface area (Å²) in [6.45, 7) is 8.91. The molecule has 1 aromatic rings. The molecule has 2 bridgehead atoms. The van der Waals surface area contributed by atoms with Gasteiger partial charge in [-0.3, -0.25) is 24.2 Å². The SMILES string of the molecule is CCCCCCCC(=O)SCC/C=C/[C@@H]1CC(=O)NCc2ccc(cn2)C(=O)NC(C)(C)C(=O)N[C@@H](C(C)C)C(=O)O1. The van der Waals surface area contributed by atoms with Gasteiger partial charge in [0.25, 0.3) is 5.91 Å². The first-order chi connectivity index (χ1) is 19.9. The number of unbranched alkanes of at least 4 members (excludes halogenated alkanes) is 4. The Labute approximate surface area is 253 Å². The largest absolute Gasteiger partial charge is 0.456 e. The third-order valence-electron chi connectivity index (χ3n) is 6.79. The Kier molecular flexibility index (Phi) is 14.7. The van der Waals surface area contributed by atoms with Gasteiger partial charge in [-0.1, -0.05) is 64.3 Å². The van der Waals surface area contributed by atoms with Crippen molar-refractivity contribution in [2.75, 3.05) is 5.75 Å². The lowest BCUT2D eigenvalue weighted by Crippen LogP contribution is -2.59. The lowest BCUT2D eigenvalue weighted by molar-refractivity contribution is -0.153. The fraction of sp³-hybridized carbons (Fsp3) is 0.613. The van der Waals surface area contributed by atoms with Crippen molar-refractivity contribution in [1.29, 1.82) is 0 Å². The van der Waals surface area contributed by atoms with Crippen LogP contribution in [0.25, 0.3) is 0 Å². The molecule has 2 aliphatic heterocycles. The highest BCUT2D eigenvalue weighted by Crippen LogP contribution is 2.15. The highest BCUT2D eigenvalue weighted by Gasteiger charge is 2.35. The molecule has 0 saturated carbocycles. The molecule has 3 amide bonds. The maximum absolute atomic E-state index is 13.2. The number of thioether (sulfide) groups is 1. The highest BCUT2D eigenvalue weighted by molar-refractivity contribution is 8.13. The van der Waals surface area contributed by atoms with E-state index in [0.29, 0.717) is 24.3 Å². The summed E-state index contributed by atoms with van der Waals surface area (Å²) >= 11 is 1.29. The molecule has 3 rings (SSSR count). The molecule has 3 heterocycles. The number of hydrogen-bond acceptors (Lipinski definition) is 8. The molecule has 0 radical (unpaired) electrons. The number of carbonyl (C=O) groups excluding carboxylic acids is 5. The Balaban J connectivity index is 2.12. The van der Waals surface area contributed by atoms with E-state index in [2.05, 4.69) is 27.9 Å². The van der Waals surface area contributed by atoms with Crippen molar-refractivity contribution in [2.45, 2.75) is 110 Å². The smallest absolute Gasteiger partial charge is 0.329 e. The van der Waals surface area contributed by atoms with Crippen molar-refractivity contribution in [3.05, 3.63) is 41.7 Å². The molecule has 10 nitrogen and oxygen atoms in total. The standard InChI is InChI=1S/C31H46N4O6S/c1-6-7-8-9-10-14-26(37)42-17-12-11-13-24-18-25(36)33-20-23-16-15-22(19-32-23)28(38)35-31(4,5)30(40)34-27(21(2)3)29(39)41-24/h11,13,15-16,19,21,24,27H,6-10,12,14,17-18,20H2,1-5H3,(H,33,36)(H,34,40)(H,35,38)/b13-11+/t24-,27+/m1/s1. The zero-order valence-corrected chi connectivity index (χ0v) is 26.3. The molecule has 3 N–H and O–H groups in total. The first-order valence-electron chi connectivity index (χ1n) is 14.8. The first-order valence-corrected chi connectivity index (χ1v) is 15.8. The predicted molar refractivity (Wildman–Crippen MR) is 163 cm³/mol. The van der Waals surface area contributed by atoms with Crippen LogP contribution in [-0.4, -0.2) is 57.2 Å². The molecule has 0 aromatic carbocycles. The van der Waals surface area contributed by atoms with Gasteiger partial charge in [-0.2, -0.15) is 0 Å². The second-order valence-electron chi connectivity index (χ2n) is 11.4. The number of amides is 3. The number of hydrogen-bond donors (Lipinski definition) is 3. The average Bonchev–Trinajstić information content (AvgIpc) is 2.93. The van der Waals surface area contributed by atoms with Gasteiger partial charge in [-0.05, 0) is 50.8 Å². The third kappa shape index (κ3) is 12.3. The number of rotatable bonds is 11. The van der Waals surface area contributed by atoms with Crippen LogP contribution >= 0.6 is 11.8 Å². The van der Waals surface area contributed by atoms with E-state index in [9.17, 15) is 24.0 Å². The zero-order chi connectivity index (χ0) is 31.1. The minimum absolute atomic E-state index is 0.127. The molecule has 1 aromatic heterocycles. The maximum atomic E-state index is 13.2. The molecule has 0 unspecified atom stereocenters. The lowest BCUT2D eigenvalue weighted by atomic mass is 9.99. The number of nitrogens with zero attached hydrogens (tertiary/aromatic N) is 1. The summed E-state index contributed by atoms with van der Waals surface area (Å²) in [5.74, 6) is -1.84. The molecule has 0 saturated heterocycles. The van der Waals surface area contributed by atoms with E-state index in [1.54, 1.807) is 52.0 Å². The minimum Gasteiger partial charge on any atom is -0.456 e. The Hall–Kier alpha value is -3.21. The minimum atomic E-state index is -1.33. The van der Waals surface area contributed by atoms with E-state index in [1.807, 2.05) is 0 Å². The second kappa shape index (κ2) is 17.7. The summed E-state index contributed by atoms with van der Waals surface area (Å²) in [5.41, 5.74) is -0.539. The van der Waals surface area contributed by atoms with Crippen molar-refractivity contribution < 1.29 is 28.7 Å². The van der Waals surface area contributed by atoms with Gasteiger partial charge in [-0.25, -0.2) is 4.79 Å². The van der Waals surface area contributed by atoms with Gasteiger partial charge < -0.3 is 20.7 Å². The molecule has 0 aliphatic carbocycles. The van der Waals surface area contributed by atoms with Crippen molar-refractivity contribution in [3.8, 4) is 0 Å². The topological polar surface area (TPSA) is 144 Å². The monoisotopic (exact) mass is 602 g/mol. The van der Waals surface area contributed by atoms with Gasteiger partial charge in [0, 0.05) is 18.4 Å². The maximum Gasteiger partial charge on any atom is 0.329 e. The van der Waals surface area contributed by atoms with Gasteiger partial charge in [-0.15, -0.1) is 0 Å². The van der Waals surface area contributed by atoms with Crippen molar-refractivity contribution in [1.82, 2.24) is 20.9 Å². The van der Waals surface area contributed by atoms with Crippen molar-refractivity contribution in [3.63, 3.8) is 0 Å². The number of nitrogens with one attached hydrogen (secondary N) is 3. The first kappa shape index (κ1) is 35.0. The summed E-state index contributed by atoms with van der Waals surface area (Å²) < 4.78 is 5.72. The van der Waals surface area contributed by atoms with E-state index in [4.69, 9.17) is 4.74 Å². The normalized spacial score (nSPS) is 20.1. The summed E-state index contributed by atoms with van der Waals surface area (Å²) in [5, 5.41) is 8.32. The average molecular weight is 603 g/mol. The lowest BCUT2D eigenvalue weighted by Gasteiger charge is -2.29. The molecular weight excluding hydrogens is 556 g/mol. The fourth-order valence-electron chi connectivity index (χ4n) is 4.14. The second-order valence-corrected chi connectivity index (χ2v) is 12.5. The van der Waals surface area contributed by atoms with Gasteiger partial charge in [0.05, 0.1) is 24.2 Å². The summed E-state index contributed by atoms with van der Waals surface area (Å²) in [7, 11) is 0. The number of fused-ring (bicyclic) bond motifs is 14. The van der Waals surface area contributed by atoms with Crippen LogP contribution in [0.3, 0.4) is 0 Å². The number of allylic oxidation sites excluding steroid dienone is 1. The number of pyridine rings is 1. The van der Waals surface area contributed by atoms with E-state index in [-0.39, 0.29) is 35.5 Å². The Bertz CT molecular complexity index is 1100. The van der Waals surface area contributed by atoms with Crippen LogP contribution in [0.4, 0.5) is 0 Å². The molecular formula is C31H46N4O6S. The van der Waals surface area contributed by atoms with Gasteiger partial charge >= 0.3 is 5.97 Å². The summed E-state index contributed by atoms with van der Waals surface area (Å²) in [6.07, 6.45) is 10.5. The zero-order valence-electron chi connectivity index (χ0n) is 25.5. The molecule has 2 aliphatic rings. The van der Waals surface area contributed by atoms with Gasteiger partial charge in [0.1, 0.15) is 17.7 Å². The Morgan fingerprint density at radius 3 is 2.55 bits per heavy atom. The fourth-order valence-corrected chi connectivity index (χ4v) is 4.92. The third-order valence-corrected chi connectivity index (χ3v) is 7.76. The van der Waals surface area contributed by atoms with Crippen molar-refractivity contribution >= 4 is 40.6 Å². The van der Waals surface area contributed by atoms with E-state index in [0.717, 1.165) is 19.3 Å². The number of esters is 1. The number of ether oxygens (including phenoxy) is 1. The number of aromatic nitrogens is 1. The van der Waals surface area contributed by atoms with E-state index < -0.39 is 35.5 Å². The molecule has 0 spiro atoms. The Morgan fingerprint density at radius 2 is 1.88 bits per heavy atom. The van der Waals surface area contributed by atoms with E-state index in [1.165, 1.54) is 30.8 Å². The highest BCUT2D eigenvalue weighted by atomic mass is 32.2. The summed E-state index contributed by atoms with van der Waals surface area (Å²) in [6, 6.07) is 2.19. The van der Waals surface area contributed by atoms with E-state index >= 15 is 0 Å². The molecule has 11 heteroatoms. The van der Waals surface area contributed by atoms with Crippen LogP contribution in [0.5, 0.6) is 0 Å². The number of carbonyl (C=O) groups is 5. The molecule has 2 atom stereocenters. The van der Waals surface area contributed by atoms with Crippen LogP contribution < -0.4 is 16.0 Å². The molecule has 232 valence electrons. The van der Waals surface area contributed by atoms with Crippen LogP contribution in [0, 0.1) is 5.92 Å². The van der Waals surface area contributed by atoms with Gasteiger partial charge in [0.15, 0.2) is 5.12 Å². The quantitative estimate of drug-likeness (QED) is 0.148. The Morgan fingerprint density at radius 1 is 1.14 bits per heavy atom. The van der Waals surface area contributed by atoms with Crippen LogP contribution in [0.1, 0.15) is 102 Å². The van der Waals surface area contributed by atoms with Crippen molar-refractivity contribution in [2.24, 2.45) is 5.92 Å². The van der Waals surface area contributed by atoms with Crippen LogP contribution in [-0.2, 0) is 30.5 Å². The molecule has 42 heavy (non-hydrogen) atoms.